The lowest BCUT2D eigenvalue weighted by Crippen LogP contribution is -2.45. The molecule has 166 valence electrons. The van der Waals surface area contributed by atoms with Gasteiger partial charge in [0.05, 0.1) is 16.7 Å². The molecule has 1 saturated heterocycles. The SMILES string of the molecule is NC(=O)c1nn(CC(=O)N2CCS[C@H]2C(=O)NCc2cccc(Cl)c2F)c2cnccc12. The lowest BCUT2D eigenvalue weighted by atomic mass is 10.2. The summed E-state index contributed by atoms with van der Waals surface area (Å²) >= 11 is 7.09. The highest BCUT2D eigenvalue weighted by Crippen LogP contribution is 2.25. The summed E-state index contributed by atoms with van der Waals surface area (Å²) in [7, 11) is 0. The number of primary amides is 1. The van der Waals surface area contributed by atoms with Gasteiger partial charge in [0.1, 0.15) is 12.4 Å². The number of pyridine rings is 1. The number of carbonyl (C=O) groups excluding carboxylic acids is 3. The minimum Gasteiger partial charge on any atom is -0.364 e. The van der Waals surface area contributed by atoms with Crippen molar-refractivity contribution in [1.29, 1.82) is 0 Å². The van der Waals surface area contributed by atoms with Crippen LogP contribution in [0, 0.1) is 5.82 Å². The number of aromatic nitrogens is 3. The van der Waals surface area contributed by atoms with E-state index in [1.54, 1.807) is 12.1 Å². The van der Waals surface area contributed by atoms with Gasteiger partial charge >= 0.3 is 0 Å². The zero-order chi connectivity index (χ0) is 22.8. The Hall–Kier alpha value is -3.18. The summed E-state index contributed by atoms with van der Waals surface area (Å²) in [5.74, 6) is -1.50. The van der Waals surface area contributed by atoms with Gasteiger partial charge in [-0.2, -0.15) is 5.10 Å². The molecule has 32 heavy (non-hydrogen) atoms. The second kappa shape index (κ2) is 9.13. The van der Waals surface area contributed by atoms with Crippen LogP contribution in [0.1, 0.15) is 16.1 Å². The third-order valence-electron chi connectivity index (χ3n) is 4.99. The van der Waals surface area contributed by atoms with Crippen LogP contribution in [0.15, 0.2) is 36.7 Å². The van der Waals surface area contributed by atoms with Crippen molar-refractivity contribution in [2.75, 3.05) is 12.3 Å². The number of nitrogens with one attached hydrogen (secondary N) is 1. The number of hydrogen-bond donors (Lipinski definition) is 2. The van der Waals surface area contributed by atoms with Crippen LogP contribution in [0.3, 0.4) is 0 Å². The first-order valence-corrected chi connectivity index (χ1v) is 11.0. The number of thioether (sulfide) groups is 1. The first-order chi connectivity index (χ1) is 15.4. The smallest absolute Gasteiger partial charge is 0.269 e. The number of benzene rings is 1. The molecular weight excluding hydrogens is 459 g/mol. The lowest BCUT2D eigenvalue weighted by molar-refractivity contribution is -0.137. The summed E-state index contributed by atoms with van der Waals surface area (Å²) in [6.45, 7) is 0.123. The highest BCUT2D eigenvalue weighted by atomic mass is 35.5. The minimum absolute atomic E-state index is 0.0277. The van der Waals surface area contributed by atoms with E-state index < -0.39 is 23.0 Å². The molecule has 0 aliphatic carbocycles. The molecule has 4 rings (SSSR count). The Bertz CT molecular complexity index is 1220. The van der Waals surface area contributed by atoms with Crippen LogP contribution in [-0.2, 0) is 22.7 Å². The molecule has 0 bridgehead atoms. The number of amides is 3. The van der Waals surface area contributed by atoms with Crippen molar-refractivity contribution in [3.05, 3.63) is 58.8 Å². The standard InChI is InChI=1S/C20H18ClFN6O3S/c21-13-3-1-2-11(16(13)22)8-25-19(31)20-27(6-7-32-20)15(29)10-28-14-9-24-5-4-12(14)17(26-28)18(23)30/h1-5,9,20H,6-8,10H2,(H2,23,30)(H,25,31)/t20-/m0/s1. The summed E-state index contributed by atoms with van der Waals surface area (Å²) < 4.78 is 15.4. The molecule has 12 heteroatoms. The van der Waals surface area contributed by atoms with E-state index in [0.29, 0.717) is 23.2 Å². The van der Waals surface area contributed by atoms with Gasteiger partial charge in [0.25, 0.3) is 11.8 Å². The zero-order valence-corrected chi connectivity index (χ0v) is 18.2. The van der Waals surface area contributed by atoms with Crippen molar-refractivity contribution in [2.24, 2.45) is 5.73 Å². The first kappa shape index (κ1) is 22.0. The Balaban J connectivity index is 1.47. The monoisotopic (exact) mass is 476 g/mol. The van der Waals surface area contributed by atoms with E-state index in [0.717, 1.165) is 0 Å². The Morgan fingerprint density at radius 2 is 2.12 bits per heavy atom. The molecule has 9 nitrogen and oxygen atoms in total. The number of halogens is 2. The van der Waals surface area contributed by atoms with E-state index in [2.05, 4.69) is 15.4 Å². The molecule has 3 heterocycles. The summed E-state index contributed by atoms with van der Waals surface area (Å²) in [6, 6.07) is 6.14. The van der Waals surface area contributed by atoms with Crippen LogP contribution in [-0.4, -0.2) is 55.1 Å². The summed E-state index contributed by atoms with van der Waals surface area (Å²) in [6.07, 6.45) is 2.99. The zero-order valence-electron chi connectivity index (χ0n) is 16.6. The van der Waals surface area contributed by atoms with Crippen molar-refractivity contribution in [1.82, 2.24) is 25.0 Å². The van der Waals surface area contributed by atoms with E-state index in [9.17, 15) is 18.8 Å². The molecule has 0 unspecified atom stereocenters. The van der Waals surface area contributed by atoms with Gasteiger partial charge < -0.3 is 16.0 Å². The van der Waals surface area contributed by atoms with Gasteiger partial charge in [-0.3, -0.25) is 24.0 Å². The second-order valence-electron chi connectivity index (χ2n) is 7.00. The predicted molar refractivity (Wildman–Crippen MR) is 117 cm³/mol. The fourth-order valence-electron chi connectivity index (χ4n) is 3.44. The summed E-state index contributed by atoms with van der Waals surface area (Å²) in [5, 5.41) is 6.52. The van der Waals surface area contributed by atoms with Crippen LogP contribution in [0.5, 0.6) is 0 Å². The fraction of sp³-hybridized carbons (Fsp3) is 0.250. The molecule has 1 atom stereocenters. The number of nitrogens with zero attached hydrogens (tertiary/aromatic N) is 4. The third-order valence-corrected chi connectivity index (χ3v) is 6.49. The molecule has 2 aromatic heterocycles. The van der Waals surface area contributed by atoms with Crippen molar-refractivity contribution in [3.8, 4) is 0 Å². The molecular formula is C20H18ClFN6O3S. The highest BCUT2D eigenvalue weighted by Gasteiger charge is 2.35. The molecule has 1 aliphatic heterocycles. The van der Waals surface area contributed by atoms with E-state index in [4.69, 9.17) is 17.3 Å². The van der Waals surface area contributed by atoms with Crippen LogP contribution >= 0.6 is 23.4 Å². The average Bonchev–Trinajstić information content (AvgIpc) is 3.40. The van der Waals surface area contributed by atoms with E-state index >= 15 is 0 Å². The lowest BCUT2D eigenvalue weighted by Gasteiger charge is -2.23. The van der Waals surface area contributed by atoms with Crippen molar-refractivity contribution >= 4 is 52.0 Å². The topological polar surface area (TPSA) is 123 Å². The first-order valence-electron chi connectivity index (χ1n) is 9.59. The van der Waals surface area contributed by atoms with Crippen molar-refractivity contribution < 1.29 is 18.8 Å². The van der Waals surface area contributed by atoms with Crippen molar-refractivity contribution in [3.63, 3.8) is 0 Å². The maximum atomic E-state index is 14.1. The van der Waals surface area contributed by atoms with Gasteiger partial charge in [0.15, 0.2) is 11.1 Å². The Morgan fingerprint density at radius 3 is 2.91 bits per heavy atom. The Kier molecular flexibility index (Phi) is 6.28. The van der Waals surface area contributed by atoms with Gasteiger partial charge in [0, 0.05) is 36.0 Å². The number of hydrogen-bond acceptors (Lipinski definition) is 6. The van der Waals surface area contributed by atoms with E-state index in [-0.39, 0.29) is 35.3 Å². The number of nitrogens with two attached hydrogens (primary N) is 1. The van der Waals surface area contributed by atoms with Gasteiger partial charge in [-0.25, -0.2) is 4.39 Å². The fourth-order valence-corrected chi connectivity index (χ4v) is 4.80. The molecule has 0 saturated carbocycles. The molecule has 0 spiro atoms. The molecule has 1 aromatic carbocycles. The van der Waals surface area contributed by atoms with Crippen LogP contribution in [0.2, 0.25) is 5.02 Å². The van der Waals surface area contributed by atoms with Crippen molar-refractivity contribution in [2.45, 2.75) is 18.5 Å². The van der Waals surface area contributed by atoms with Crippen LogP contribution in [0.4, 0.5) is 4.39 Å². The second-order valence-corrected chi connectivity index (χ2v) is 8.60. The van der Waals surface area contributed by atoms with Crippen LogP contribution < -0.4 is 11.1 Å². The van der Waals surface area contributed by atoms with Gasteiger partial charge in [-0.05, 0) is 12.1 Å². The number of fused-ring (bicyclic) bond motifs is 1. The molecule has 3 aromatic rings. The largest absolute Gasteiger partial charge is 0.364 e. The molecule has 3 amide bonds. The highest BCUT2D eigenvalue weighted by molar-refractivity contribution is 8.00. The van der Waals surface area contributed by atoms with Crippen LogP contribution in [0.25, 0.3) is 10.9 Å². The maximum absolute atomic E-state index is 14.1. The average molecular weight is 477 g/mol. The summed E-state index contributed by atoms with van der Waals surface area (Å²) in [5.41, 5.74) is 6.17. The predicted octanol–water partition coefficient (Wildman–Crippen LogP) is 1.54. The molecule has 1 aliphatic rings. The Morgan fingerprint density at radius 1 is 1.31 bits per heavy atom. The molecule has 0 radical (unpaired) electrons. The van der Waals surface area contributed by atoms with Gasteiger partial charge in [-0.15, -0.1) is 11.8 Å². The molecule has 3 N–H and O–H groups in total. The summed E-state index contributed by atoms with van der Waals surface area (Å²) in [4.78, 5) is 42.8. The quantitative estimate of drug-likeness (QED) is 0.556. The van der Waals surface area contributed by atoms with Gasteiger partial charge in [0.2, 0.25) is 5.91 Å². The maximum Gasteiger partial charge on any atom is 0.269 e. The van der Waals surface area contributed by atoms with E-state index in [1.165, 1.54) is 45.9 Å². The normalized spacial score (nSPS) is 15.8. The van der Waals surface area contributed by atoms with Gasteiger partial charge in [-0.1, -0.05) is 23.7 Å². The number of carbonyl (C=O) groups is 3. The Labute approximate surface area is 191 Å². The minimum atomic E-state index is -0.764. The van der Waals surface area contributed by atoms with E-state index in [1.807, 2.05) is 0 Å². The number of rotatable bonds is 6. The molecule has 1 fully saturated rings. The third kappa shape index (κ3) is 4.26.